The predicted octanol–water partition coefficient (Wildman–Crippen LogP) is 5.89. The summed E-state index contributed by atoms with van der Waals surface area (Å²) in [5.41, 5.74) is -0.468. The number of rotatable bonds is 4. The number of phenols is 2. The van der Waals surface area contributed by atoms with Crippen LogP contribution in [0.4, 0.5) is 0 Å². The van der Waals surface area contributed by atoms with Gasteiger partial charge in [-0.25, -0.2) is 0 Å². The van der Waals surface area contributed by atoms with Crippen molar-refractivity contribution in [3.8, 4) is 11.5 Å². The lowest BCUT2D eigenvalue weighted by molar-refractivity contribution is 0.439. The van der Waals surface area contributed by atoms with Crippen molar-refractivity contribution in [2.24, 2.45) is 0 Å². The van der Waals surface area contributed by atoms with Crippen molar-refractivity contribution >= 4 is 56.5 Å². The van der Waals surface area contributed by atoms with E-state index in [2.05, 4.69) is 0 Å². The molecule has 0 radical (unpaired) electrons. The van der Waals surface area contributed by atoms with E-state index >= 15 is 0 Å². The smallest absolute Gasteiger partial charge is 0.283 e. The number of phenolic OH excluding ortho intramolecular Hbond substituents is 2. The molecule has 3 N–H and O–H groups in total. The summed E-state index contributed by atoms with van der Waals surface area (Å²) in [4.78, 5) is 0. The van der Waals surface area contributed by atoms with Crippen LogP contribution in [0.2, 0.25) is 20.1 Å². The molecule has 3 aromatic rings. The lowest BCUT2D eigenvalue weighted by Crippen LogP contribution is -2.38. The number of halogens is 4. The molecular weight excluding hydrogens is 482 g/mol. The van der Waals surface area contributed by atoms with Crippen molar-refractivity contribution in [1.29, 1.82) is 0 Å². The molecule has 0 aliphatic carbocycles. The van der Waals surface area contributed by atoms with Crippen LogP contribution < -0.4 is 0 Å². The van der Waals surface area contributed by atoms with Gasteiger partial charge in [-0.2, -0.15) is 8.42 Å². The van der Waals surface area contributed by atoms with E-state index in [4.69, 9.17) is 46.4 Å². The van der Waals surface area contributed by atoms with Gasteiger partial charge in [-0.05, 0) is 35.9 Å². The molecule has 0 saturated heterocycles. The second-order valence-corrected chi connectivity index (χ2v) is 9.30. The highest BCUT2D eigenvalue weighted by molar-refractivity contribution is 7.87. The molecule has 0 bridgehead atoms. The average molecular weight is 494 g/mol. The largest absolute Gasteiger partial charge is 0.508 e. The maximum absolute atomic E-state index is 12.9. The van der Waals surface area contributed by atoms with Crippen LogP contribution in [0.5, 0.6) is 11.5 Å². The van der Waals surface area contributed by atoms with Crippen LogP contribution in [-0.4, -0.2) is 23.2 Å². The maximum Gasteiger partial charge on any atom is 0.283 e. The highest BCUT2D eigenvalue weighted by Gasteiger charge is 2.51. The van der Waals surface area contributed by atoms with Crippen LogP contribution >= 0.6 is 46.4 Å². The Labute approximate surface area is 186 Å². The van der Waals surface area contributed by atoms with E-state index < -0.39 is 31.4 Å². The van der Waals surface area contributed by atoms with Crippen LogP contribution in [-0.2, 0) is 14.9 Å². The molecule has 0 aromatic heterocycles. The van der Waals surface area contributed by atoms with Gasteiger partial charge in [0.15, 0.2) is 10.5 Å². The molecule has 152 valence electrons. The summed E-state index contributed by atoms with van der Waals surface area (Å²) in [6.45, 7) is 0. The SMILES string of the molecule is O=S(=O)(O)C(c1ccc(Cl)cc1)(c1ccc(Cl)cc1O)c1ccc(Cl)c(O)c1Cl. The highest BCUT2D eigenvalue weighted by atomic mass is 35.5. The molecule has 10 heteroatoms. The zero-order valence-electron chi connectivity index (χ0n) is 14.3. The Kier molecular flexibility index (Phi) is 5.98. The zero-order valence-corrected chi connectivity index (χ0v) is 18.1. The van der Waals surface area contributed by atoms with Gasteiger partial charge < -0.3 is 10.2 Å². The minimum Gasteiger partial charge on any atom is -0.508 e. The van der Waals surface area contributed by atoms with Crippen LogP contribution in [0, 0.1) is 0 Å². The first-order valence-corrected chi connectivity index (χ1v) is 10.8. The van der Waals surface area contributed by atoms with Gasteiger partial charge in [0.05, 0.1) is 10.0 Å². The molecule has 0 heterocycles. The Morgan fingerprint density at radius 3 is 1.86 bits per heavy atom. The van der Waals surface area contributed by atoms with Crippen molar-refractivity contribution in [2.45, 2.75) is 4.75 Å². The topological polar surface area (TPSA) is 94.8 Å². The molecule has 1 unspecified atom stereocenters. The molecule has 3 aromatic carbocycles. The van der Waals surface area contributed by atoms with Crippen molar-refractivity contribution in [1.82, 2.24) is 0 Å². The van der Waals surface area contributed by atoms with Gasteiger partial charge in [0, 0.05) is 21.2 Å². The zero-order chi connectivity index (χ0) is 21.6. The molecule has 0 aliphatic rings. The van der Waals surface area contributed by atoms with Gasteiger partial charge in [-0.3, -0.25) is 4.55 Å². The fourth-order valence-electron chi connectivity index (χ4n) is 3.18. The molecule has 0 saturated carbocycles. The summed E-state index contributed by atoms with van der Waals surface area (Å²) in [5.74, 6) is -1.10. The lowest BCUT2D eigenvalue weighted by atomic mass is 9.83. The summed E-state index contributed by atoms with van der Waals surface area (Å²) >= 11 is 24.0. The fourth-order valence-corrected chi connectivity index (χ4v) is 5.38. The van der Waals surface area contributed by atoms with Gasteiger partial charge >= 0.3 is 0 Å². The minimum absolute atomic E-state index is 0.00523. The first-order chi connectivity index (χ1) is 13.5. The van der Waals surface area contributed by atoms with E-state index in [0.29, 0.717) is 5.02 Å². The lowest BCUT2D eigenvalue weighted by Gasteiger charge is -2.34. The number of hydrogen-bond acceptors (Lipinski definition) is 4. The van der Waals surface area contributed by atoms with Crippen molar-refractivity contribution in [3.05, 3.63) is 91.4 Å². The predicted molar refractivity (Wildman–Crippen MR) is 114 cm³/mol. The molecule has 0 aliphatic heterocycles. The monoisotopic (exact) mass is 492 g/mol. The third-order valence-corrected chi connectivity index (χ3v) is 7.05. The summed E-state index contributed by atoms with van der Waals surface area (Å²) < 4.78 is 33.9. The van der Waals surface area contributed by atoms with E-state index in [1.54, 1.807) is 0 Å². The van der Waals surface area contributed by atoms with Gasteiger partial charge in [-0.1, -0.05) is 70.7 Å². The fraction of sp³-hybridized carbons (Fsp3) is 0.0526. The normalized spacial score (nSPS) is 13.8. The highest BCUT2D eigenvalue weighted by Crippen LogP contribution is 2.51. The van der Waals surface area contributed by atoms with Crippen LogP contribution in [0.15, 0.2) is 54.6 Å². The van der Waals surface area contributed by atoms with Crippen molar-refractivity contribution in [3.63, 3.8) is 0 Å². The molecule has 1 atom stereocenters. The van der Waals surface area contributed by atoms with E-state index in [9.17, 15) is 23.2 Å². The van der Waals surface area contributed by atoms with Gasteiger partial charge in [-0.15, -0.1) is 0 Å². The summed E-state index contributed by atoms with van der Waals surface area (Å²) in [6, 6.07) is 11.7. The molecule has 0 amide bonds. The Morgan fingerprint density at radius 2 is 1.31 bits per heavy atom. The molecule has 29 heavy (non-hydrogen) atoms. The summed E-state index contributed by atoms with van der Waals surface area (Å²) in [5, 5.41) is 20.7. The van der Waals surface area contributed by atoms with E-state index in [1.165, 1.54) is 48.5 Å². The Hall–Kier alpha value is -1.67. The first-order valence-electron chi connectivity index (χ1n) is 7.89. The average Bonchev–Trinajstić information content (AvgIpc) is 2.63. The summed E-state index contributed by atoms with van der Waals surface area (Å²) in [7, 11) is -5.07. The van der Waals surface area contributed by atoms with Crippen molar-refractivity contribution < 1.29 is 23.2 Å². The Bertz CT molecular complexity index is 1200. The summed E-state index contributed by atoms with van der Waals surface area (Å²) in [6.07, 6.45) is 0. The van der Waals surface area contributed by atoms with Gasteiger partial charge in [0.1, 0.15) is 5.75 Å². The maximum atomic E-state index is 12.9. The molecular formula is C19H12Cl4O5S. The van der Waals surface area contributed by atoms with E-state index in [1.807, 2.05) is 0 Å². The quantitative estimate of drug-likeness (QED) is 0.311. The van der Waals surface area contributed by atoms with Gasteiger partial charge in [0.2, 0.25) is 0 Å². The van der Waals surface area contributed by atoms with E-state index in [0.717, 1.165) is 6.07 Å². The molecule has 5 nitrogen and oxygen atoms in total. The second-order valence-electron chi connectivity index (χ2n) is 6.08. The number of hydrogen-bond donors (Lipinski definition) is 3. The van der Waals surface area contributed by atoms with E-state index in [-0.39, 0.29) is 26.7 Å². The Balaban J connectivity index is 2.59. The second kappa shape index (κ2) is 7.87. The van der Waals surface area contributed by atoms with Gasteiger partial charge in [0.25, 0.3) is 10.1 Å². The molecule has 0 spiro atoms. The number of benzene rings is 3. The first kappa shape index (κ1) is 22.0. The minimum atomic E-state index is -5.07. The van der Waals surface area contributed by atoms with Crippen LogP contribution in [0.25, 0.3) is 0 Å². The molecule has 0 fully saturated rings. The van der Waals surface area contributed by atoms with Crippen molar-refractivity contribution in [2.75, 3.05) is 0 Å². The standard InChI is InChI=1S/C19H12Cl4O5S/c20-11-3-1-10(2-4-11)19(29(26,27)28,13-6-5-12(21)9-16(13)24)14-7-8-15(22)18(25)17(14)23/h1-9,24-25H,(H,26,27,28). The van der Waals surface area contributed by atoms with Crippen LogP contribution in [0.1, 0.15) is 16.7 Å². The molecule has 3 rings (SSSR count). The number of aromatic hydroxyl groups is 2. The third kappa shape index (κ3) is 3.65. The van der Waals surface area contributed by atoms with Crippen LogP contribution in [0.3, 0.4) is 0 Å². The third-order valence-electron chi connectivity index (χ3n) is 4.42. The Morgan fingerprint density at radius 1 is 0.759 bits per heavy atom.